The molecule has 0 spiro atoms. The molecule has 1 aliphatic rings. The number of hydrogen-bond acceptors (Lipinski definition) is 5. The standard InChI is InChI=1S/C3H6ClN5O/c4-2-1-3(5)8(10)9(6)7-2/h1,8H,5-6H2. The molecule has 0 saturated heterocycles. The Labute approximate surface area is 61.8 Å². The van der Waals surface area contributed by atoms with Crippen LogP contribution in [0.3, 0.4) is 0 Å². The lowest BCUT2D eigenvalue weighted by Gasteiger charge is -2.28. The molecule has 0 amide bonds. The maximum atomic E-state index is 10.7. The van der Waals surface area contributed by atoms with Gasteiger partial charge in [-0.15, -0.1) is 0 Å². The van der Waals surface area contributed by atoms with Crippen molar-refractivity contribution in [2.75, 3.05) is 0 Å². The number of nitrogens with zero attached hydrogens (tertiary/aromatic N) is 2. The minimum atomic E-state index is -0.551. The second kappa shape index (κ2) is 2.43. The van der Waals surface area contributed by atoms with Gasteiger partial charge in [0.15, 0.2) is 5.17 Å². The molecule has 5 N–H and O–H groups in total. The van der Waals surface area contributed by atoms with Gasteiger partial charge in [-0.05, 0) is 0 Å². The number of halogens is 1. The molecular weight excluding hydrogens is 158 g/mol. The van der Waals surface area contributed by atoms with Crippen LogP contribution >= 0.6 is 11.6 Å². The van der Waals surface area contributed by atoms with Crippen LogP contribution < -0.4 is 16.7 Å². The van der Waals surface area contributed by atoms with Crippen molar-refractivity contribution in [3.05, 3.63) is 17.1 Å². The quantitative estimate of drug-likeness (QED) is 0.280. The van der Waals surface area contributed by atoms with Crippen molar-refractivity contribution < 1.29 is 5.17 Å². The lowest BCUT2D eigenvalue weighted by molar-refractivity contribution is -0.943. The van der Waals surface area contributed by atoms with Crippen LogP contribution in [0.5, 0.6) is 0 Å². The molecule has 56 valence electrons. The van der Waals surface area contributed by atoms with E-state index >= 15 is 0 Å². The third-order valence-corrected chi connectivity index (χ3v) is 1.12. The molecule has 0 aliphatic carbocycles. The van der Waals surface area contributed by atoms with Gasteiger partial charge in [0.2, 0.25) is 5.82 Å². The van der Waals surface area contributed by atoms with Gasteiger partial charge in [-0.3, -0.25) is 0 Å². The molecule has 1 rings (SSSR count). The Morgan fingerprint density at radius 3 is 2.90 bits per heavy atom. The molecule has 1 unspecified atom stereocenters. The fraction of sp³-hybridized carbons (Fsp3) is 0. The van der Waals surface area contributed by atoms with Crippen molar-refractivity contribution in [3.8, 4) is 0 Å². The summed E-state index contributed by atoms with van der Waals surface area (Å²) in [6, 6.07) is 0. The van der Waals surface area contributed by atoms with E-state index in [0.29, 0.717) is 5.23 Å². The first kappa shape index (κ1) is 7.29. The topological polar surface area (TPSA) is 95.1 Å². The van der Waals surface area contributed by atoms with Gasteiger partial charge in [-0.1, -0.05) is 21.9 Å². The van der Waals surface area contributed by atoms with Crippen LogP contribution in [0.4, 0.5) is 0 Å². The van der Waals surface area contributed by atoms with E-state index < -0.39 is 5.17 Å². The van der Waals surface area contributed by atoms with E-state index in [2.05, 4.69) is 5.10 Å². The highest BCUT2D eigenvalue weighted by Gasteiger charge is 2.14. The SMILES string of the molecule is NC1=CC(Cl)=NN(N)[NH+]1[O-]. The number of hydroxylamine groups is 1. The zero-order chi connectivity index (χ0) is 7.72. The van der Waals surface area contributed by atoms with Crippen LogP contribution in [0.2, 0.25) is 0 Å². The van der Waals surface area contributed by atoms with Crippen LogP contribution in [0.15, 0.2) is 17.0 Å². The van der Waals surface area contributed by atoms with Crippen LogP contribution in [-0.4, -0.2) is 10.4 Å². The summed E-state index contributed by atoms with van der Waals surface area (Å²) in [5.41, 5.74) is 5.18. The summed E-state index contributed by atoms with van der Waals surface area (Å²) in [7, 11) is 0. The monoisotopic (exact) mass is 163 g/mol. The Hall–Kier alpha value is -0.820. The predicted octanol–water partition coefficient (Wildman–Crippen LogP) is -2.17. The largest absolute Gasteiger partial charge is 0.599 e. The second-order valence-electron chi connectivity index (χ2n) is 1.67. The van der Waals surface area contributed by atoms with Crippen molar-refractivity contribution in [2.24, 2.45) is 16.7 Å². The Kier molecular flexibility index (Phi) is 1.77. The average Bonchev–Trinajstić information content (AvgIpc) is 1.82. The molecule has 0 saturated carbocycles. The first-order chi connectivity index (χ1) is 4.61. The molecule has 0 radical (unpaired) electrons. The second-order valence-corrected chi connectivity index (χ2v) is 2.06. The highest BCUT2D eigenvalue weighted by atomic mass is 35.5. The van der Waals surface area contributed by atoms with Gasteiger partial charge in [0, 0.05) is 0 Å². The molecule has 10 heavy (non-hydrogen) atoms. The van der Waals surface area contributed by atoms with Gasteiger partial charge in [-0.2, -0.15) is 11.0 Å². The molecule has 1 atom stereocenters. The number of nitrogens with two attached hydrogens (primary N) is 2. The Bertz CT molecular complexity index is 201. The van der Waals surface area contributed by atoms with Crippen LogP contribution in [0.1, 0.15) is 0 Å². The van der Waals surface area contributed by atoms with Crippen LogP contribution in [0.25, 0.3) is 0 Å². The number of nitrogens with one attached hydrogen (secondary N) is 1. The van der Waals surface area contributed by atoms with Crippen molar-refractivity contribution in [1.29, 1.82) is 0 Å². The highest BCUT2D eigenvalue weighted by Crippen LogP contribution is 1.92. The average molecular weight is 164 g/mol. The van der Waals surface area contributed by atoms with Crippen molar-refractivity contribution in [1.82, 2.24) is 5.23 Å². The van der Waals surface area contributed by atoms with Gasteiger partial charge in [0.25, 0.3) is 0 Å². The molecule has 1 heterocycles. The lowest BCUT2D eigenvalue weighted by Crippen LogP contribution is -3.14. The third kappa shape index (κ3) is 1.19. The van der Waals surface area contributed by atoms with Crippen LogP contribution in [-0.2, 0) is 0 Å². The first-order valence-electron chi connectivity index (χ1n) is 2.41. The number of hydrazone groups is 1. The summed E-state index contributed by atoms with van der Waals surface area (Å²) >= 11 is 5.39. The van der Waals surface area contributed by atoms with E-state index in [1.54, 1.807) is 0 Å². The molecular formula is C3H6ClN5O. The maximum absolute atomic E-state index is 10.7. The smallest absolute Gasteiger partial charge is 0.228 e. The molecule has 0 bridgehead atoms. The fourth-order valence-electron chi connectivity index (χ4n) is 0.500. The first-order valence-corrected chi connectivity index (χ1v) is 2.79. The zero-order valence-corrected chi connectivity index (χ0v) is 5.67. The van der Waals surface area contributed by atoms with Gasteiger partial charge < -0.3 is 10.9 Å². The minimum absolute atomic E-state index is 0.0116. The minimum Gasteiger partial charge on any atom is -0.599 e. The number of rotatable bonds is 0. The Morgan fingerprint density at radius 1 is 1.80 bits per heavy atom. The van der Waals surface area contributed by atoms with Gasteiger partial charge in [0.1, 0.15) is 0 Å². The summed E-state index contributed by atoms with van der Waals surface area (Å²) in [6.07, 6.45) is 1.24. The maximum Gasteiger partial charge on any atom is 0.228 e. The number of hydrazine groups is 1. The summed E-state index contributed by atoms with van der Waals surface area (Å²) in [4.78, 5) is 0. The molecule has 0 aromatic carbocycles. The number of hydrogen-bond donors (Lipinski definition) is 3. The van der Waals surface area contributed by atoms with E-state index in [4.69, 9.17) is 23.2 Å². The van der Waals surface area contributed by atoms with E-state index in [1.807, 2.05) is 0 Å². The number of allylic oxidation sites excluding steroid dienone is 1. The molecule has 0 fully saturated rings. The lowest BCUT2D eigenvalue weighted by atomic mass is 10.6. The normalized spacial score (nSPS) is 25.9. The van der Waals surface area contributed by atoms with Crippen molar-refractivity contribution in [3.63, 3.8) is 0 Å². The summed E-state index contributed by atoms with van der Waals surface area (Å²) < 4.78 is 0. The van der Waals surface area contributed by atoms with Gasteiger partial charge >= 0.3 is 0 Å². The third-order valence-electron chi connectivity index (χ3n) is 0.933. The van der Waals surface area contributed by atoms with Gasteiger partial charge in [0.05, 0.1) is 6.08 Å². The Balaban J connectivity index is 2.85. The summed E-state index contributed by atoms with van der Waals surface area (Å²) in [5.74, 6) is 5.04. The van der Waals surface area contributed by atoms with E-state index in [9.17, 15) is 5.21 Å². The van der Waals surface area contributed by atoms with Crippen molar-refractivity contribution >= 4 is 16.8 Å². The van der Waals surface area contributed by atoms with Gasteiger partial charge in [-0.25, -0.2) is 0 Å². The fourth-order valence-corrected chi connectivity index (χ4v) is 0.699. The van der Waals surface area contributed by atoms with E-state index in [-0.39, 0.29) is 11.0 Å². The van der Waals surface area contributed by atoms with Crippen LogP contribution in [0, 0.1) is 5.21 Å². The molecule has 1 aliphatic heterocycles. The van der Waals surface area contributed by atoms with E-state index in [0.717, 1.165) is 0 Å². The molecule has 0 aromatic heterocycles. The predicted molar refractivity (Wildman–Crippen MR) is 35.9 cm³/mol. The Morgan fingerprint density at radius 2 is 2.40 bits per heavy atom. The van der Waals surface area contributed by atoms with Crippen molar-refractivity contribution in [2.45, 2.75) is 0 Å². The zero-order valence-electron chi connectivity index (χ0n) is 4.91. The highest BCUT2D eigenvalue weighted by molar-refractivity contribution is 6.68. The number of quaternary nitrogens is 1. The molecule has 0 aromatic rings. The molecule has 6 nitrogen and oxygen atoms in total. The molecule has 7 heteroatoms. The summed E-state index contributed by atoms with van der Waals surface area (Å²) in [5, 5.41) is 14.3. The van der Waals surface area contributed by atoms with E-state index in [1.165, 1.54) is 6.08 Å². The summed E-state index contributed by atoms with van der Waals surface area (Å²) in [6.45, 7) is 0.